The molecule has 0 atom stereocenters. The molecule has 0 aromatic carbocycles. The number of thiol groups is 1. The molecule has 0 aliphatic heterocycles. The van der Waals surface area contributed by atoms with E-state index in [9.17, 15) is 0 Å². The van der Waals surface area contributed by atoms with Crippen LogP contribution in [0.3, 0.4) is 0 Å². The van der Waals surface area contributed by atoms with E-state index in [1.807, 2.05) is 0 Å². The number of hydrogen-bond acceptors (Lipinski definition) is 3. The molecule has 1 heterocycles. The van der Waals surface area contributed by atoms with Crippen LogP contribution in [-0.2, 0) is 0 Å². The average molecular weight is 284 g/mol. The molecule has 54 valence electrons. The Bertz CT molecular complexity index is 237. The molecular weight excluding hydrogens is 280 g/mol. The Hall–Kier alpha value is 0.260. The second-order valence-electron chi connectivity index (χ2n) is 1.66. The molecule has 0 bridgehead atoms. The van der Waals surface area contributed by atoms with Crippen LogP contribution in [0.15, 0.2) is 20.2 Å². The lowest BCUT2D eigenvalue weighted by Crippen LogP contribution is -1.91. The first-order valence-corrected chi connectivity index (χ1v) is 4.44. The summed E-state index contributed by atoms with van der Waals surface area (Å²) in [5, 5.41) is 0. The molecule has 2 nitrogen and oxygen atoms in total. The molecule has 0 aliphatic rings. The number of rotatable bonds is 0. The van der Waals surface area contributed by atoms with Crippen LogP contribution in [0, 0.1) is 0 Å². The standard InChI is InChI=1S/C5H4Br2N2S/c6-2-1-9-5(7)4(10)3(2)8/h1,10H,(H2,8,9). The number of nitrogens with zero attached hydrogens (tertiary/aromatic N) is 1. The first-order chi connectivity index (χ1) is 4.63. The number of halogens is 2. The SMILES string of the molecule is Nc1c(Br)cnc(Br)c1S. The van der Waals surface area contributed by atoms with Gasteiger partial charge >= 0.3 is 0 Å². The van der Waals surface area contributed by atoms with Crippen LogP contribution < -0.4 is 5.73 Å². The van der Waals surface area contributed by atoms with Crippen LogP contribution in [0.2, 0.25) is 0 Å². The van der Waals surface area contributed by atoms with E-state index in [1.165, 1.54) is 0 Å². The molecule has 0 saturated carbocycles. The molecule has 0 unspecified atom stereocenters. The van der Waals surface area contributed by atoms with Crippen molar-refractivity contribution in [2.45, 2.75) is 4.90 Å². The molecule has 1 aromatic heterocycles. The summed E-state index contributed by atoms with van der Waals surface area (Å²) < 4.78 is 1.43. The van der Waals surface area contributed by atoms with Gasteiger partial charge in [-0.25, -0.2) is 4.98 Å². The topological polar surface area (TPSA) is 38.9 Å². The molecule has 1 rings (SSSR count). The van der Waals surface area contributed by atoms with Crippen molar-refractivity contribution in [3.63, 3.8) is 0 Å². The van der Waals surface area contributed by atoms with Crippen molar-refractivity contribution in [2.75, 3.05) is 5.73 Å². The van der Waals surface area contributed by atoms with Crippen LogP contribution in [0.25, 0.3) is 0 Å². The lowest BCUT2D eigenvalue weighted by atomic mass is 10.4. The Morgan fingerprint density at radius 3 is 2.60 bits per heavy atom. The second-order valence-corrected chi connectivity index (χ2v) is 3.71. The Balaban J connectivity index is 3.34. The van der Waals surface area contributed by atoms with Gasteiger partial charge in [0.05, 0.1) is 15.1 Å². The maximum absolute atomic E-state index is 5.59. The van der Waals surface area contributed by atoms with Gasteiger partial charge in [-0.2, -0.15) is 0 Å². The van der Waals surface area contributed by atoms with Gasteiger partial charge in [0.25, 0.3) is 0 Å². The fraction of sp³-hybridized carbons (Fsp3) is 0. The van der Waals surface area contributed by atoms with Gasteiger partial charge in [0, 0.05) is 6.20 Å². The summed E-state index contributed by atoms with van der Waals surface area (Å²) in [4.78, 5) is 4.61. The van der Waals surface area contributed by atoms with E-state index in [0.717, 1.165) is 4.47 Å². The number of anilines is 1. The number of aromatic nitrogens is 1. The van der Waals surface area contributed by atoms with Crippen LogP contribution in [-0.4, -0.2) is 4.98 Å². The van der Waals surface area contributed by atoms with Crippen molar-refractivity contribution in [2.24, 2.45) is 0 Å². The van der Waals surface area contributed by atoms with Crippen molar-refractivity contribution in [1.29, 1.82) is 0 Å². The molecule has 10 heavy (non-hydrogen) atoms. The van der Waals surface area contributed by atoms with Gasteiger partial charge in [-0.15, -0.1) is 12.6 Å². The lowest BCUT2D eigenvalue weighted by Gasteiger charge is -2.01. The van der Waals surface area contributed by atoms with Crippen molar-refractivity contribution < 1.29 is 0 Å². The number of nitrogens with two attached hydrogens (primary N) is 1. The predicted octanol–water partition coefficient (Wildman–Crippen LogP) is 2.48. The summed E-state index contributed by atoms with van der Waals surface area (Å²) >= 11 is 10.5. The van der Waals surface area contributed by atoms with E-state index in [0.29, 0.717) is 15.2 Å². The predicted molar refractivity (Wildman–Crippen MR) is 51.3 cm³/mol. The Labute approximate surface area is 80.9 Å². The summed E-state index contributed by atoms with van der Waals surface area (Å²) in [5.74, 6) is 0. The maximum Gasteiger partial charge on any atom is 0.121 e. The minimum Gasteiger partial charge on any atom is -0.397 e. The van der Waals surface area contributed by atoms with Crippen molar-refractivity contribution >= 4 is 50.2 Å². The molecule has 0 saturated heterocycles. The molecule has 0 aliphatic carbocycles. The molecule has 0 fully saturated rings. The maximum atomic E-state index is 5.59. The molecule has 0 spiro atoms. The monoisotopic (exact) mass is 282 g/mol. The molecule has 0 radical (unpaired) electrons. The Morgan fingerprint density at radius 1 is 1.50 bits per heavy atom. The van der Waals surface area contributed by atoms with Gasteiger partial charge in [0.2, 0.25) is 0 Å². The summed E-state index contributed by atoms with van der Waals surface area (Å²) in [6, 6.07) is 0. The number of nitrogen functional groups attached to an aromatic ring is 1. The zero-order valence-electron chi connectivity index (χ0n) is 4.81. The van der Waals surface area contributed by atoms with Gasteiger partial charge in [-0.1, -0.05) is 0 Å². The van der Waals surface area contributed by atoms with Crippen molar-refractivity contribution in [3.8, 4) is 0 Å². The molecule has 1 aromatic rings. The number of hydrogen-bond donors (Lipinski definition) is 2. The van der Waals surface area contributed by atoms with E-state index in [4.69, 9.17) is 5.73 Å². The van der Waals surface area contributed by atoms with E-state index in [1.54, 1.807) is 6.20 Å². The van der Waals surface area contributed by atoms with Crippen molar-refractivity contribution in [1.82, 2.24) is 4.98 Å². The summed E-state index contributed by atoms with van der Waals surface area (Å²) in [5.41, 5.74) is 6.19. The van der Waals surface area contributed by atoms with Gasteiger partial charge in [-0.05, 0) is 31.9 Å². The lowest BCUT2D eigenvalue weighted by molar-refractivity contribution is 1.18. The second kappa shape index (κ2) is 3.11. The Morgan fingerprint density at radius 2 is 2.10 bits per heavy atom. The van der Waals surface area contributed by atoms with Gasteiger partial charge in [-0.3, -0.25) is 0 Å². The minimum absolute atomic E-state index is 0.602. The summed E-state index contributed by atoms with van der Waals surface area (Å²) in [6.07, 6.45) is 1.62. The average Bonchev–Trinajstić information content (AvgIpc) is 1.93. The van der Waals surface area contributed by atoms with E-state index < -0.39 is 0 Å². The summed E-state index contributed by atoms with van der Waals surface area (Å²) in [7, 11) is 0. The quantitative estimate of drug-likeness (QED) is 0.567. The first kappa shape index (κ1) is 8.36. The highest BCUT2D eigenvalue weighted by atomic mass is 79.9. The summed E-state index contributed by atoms with van der Waals surface area (Å²) in [6.45, 7) is 0. The van der Waals surface area contributed by atoms with Crippen LogP contribution in [0.1, 0.15) is 0 Å². The fourth-order valence-electron chi connectivity index (χ4n) is 0.468. The third-order valence-corrected chi connectivity index (χ3v) is 2.99. The third-order valence-electron chi connectivity index (χ3n) is 0.999. The van der Waals surface area contributed by atoms with Crippen LogP contribution >= 0.6 is 44.5 Å². The number of pyridine rings is 1. The van der Waals surface area contributed by atoms with Crippen LogP contribution in [0.5, 0.6) is 0 Å². The Kier molecular flexibility index (Phi) is 2.60. The fourth-order valence-corrected chi connectivity index (χ4v) is 1.42. The third kappa shape index (κ3) is 1.46. The largest absolute Gasteiger partial charge is 0.397 e. The minimum atomic E-state index is 0.602. The zero-order chi connectivity index (χ0) is 7.72. The van der Waals surface area contributed by atoms with Gasteiger partial charge < -0.3 is 5.73 Å². The zero-order valence-corrected chi connectivity index (χ0v) is 8.87. The van der Waals surface area contributed by atoms with Gasteiger partial charge in [0.1, 0.15) is 4.60 Å². The van der Waals surface area contributed by atoms with Crippen LogP contribution in [0.4, 0.5) is 5.69 Å². The van der Waals surface area contributed by atoms with E-state index >= 15 is 0 Å². The van der Waals surface area contributed by atoms with Gasteiger partial charge in [0.15, 0.2) is 0 Å². The highest BCUT2D eigenvalue weighted by Gasteiger charge is 2.03. The first-order valence-electron chi connectivity index (χ1n) is 2.41. The van der Waals surface area contributed by atoms with E-state index in [-0.39, 0.29) is 0 Å². The molecular formula is C5H4Br2N2S. The highest BCUT2D eigenvalue weighted by Crippen LogP contribution is 2.29. The molecule has 5 heteroatoms. The normalized spacial score (nSPS) is 9.90. The smallest absolute Gasteiger partial charge is 0.121 e. The molecule has 0 amide bonds. The van der Waals surface area contributed by atoms with E-state index in [2.05, 4.69) is 49.5 Å². The molecule has 2 N–H and O–H groups in total. The van der Waals surface area contributed by atoms with Crippen molar-refractivity contribution in [3.05, 3.63) is 15.3 Å². The highest BCUT2D eigenvalue weighted by molar-refractivity contribution is 9.11.